The van der Waals surface area contributed by atoms with E-state index in [0.29, 0.717) is 18.8 Å². The van der Waals surface area contributed by atoms with Gasteiger partial charge in [0.15, 0.2) is 5.69 Å². The van der Waals surface area contributed by atoms with E-state index in [-0.39, 0.29) is 5.91 Å². The normalized spacial score (nSPS) is 15.6. The molecule has 0 spiro atoms. The highest BCUT2D eigenvalue weighted by atomic mass is 16.5. The lowest BCUT2D eigenvalue weighted by atomic mass is 10.0. The number of amides is 1. The fourth-order valence-corrected chi connectivity index (χ4v) is 4.62. The van der Waals surface area contributed by atoms with Crippen LogP contribution in [0.3, 0.4) is 0 Å². The molecule has 2 aliphatic rings. The molecule has 5 rings (SSSR count). The molecule has 0 unspecified atom stereocenters. The highest BCUT2D eigenvalue weighted by Crippen LogP contribution is 2.38. The number of anilines is 1. The maximum atomic E-state index is 12.8. The van der Waals surface area contributed by atoms with E-state index in [1.807, 2.05) is 31.3 Å². The molecule has 1 amide bonds. The van der Waals surface area contributed by atoms with Crippen LogP contribution in [0.15, 0.2) is 54.6 Å². The predicted molar refractivity (Wildman–Crippen MR) is 125 cm³/mol. The molecule has 0 atom stereocenters. The number of aromatic nitrogens is 2. The van der Waals surface area contributed by atoms with Gasteiger partial charge in [-0.25, -0.2) is 0 Å². The number of hydrogen-bond donors (Lipinski definition) is 1. The minimum Gasteiger partial charge on any atom is -0.488 e. The van der Waals surface area contributed by atoms with Crippen LogP contribution >= 0.6 is 0 Å². The van der Waals surface area contributed by atoms with Gasteiger partial charge in [0, 0.05) is 56.6 Å². The second-order valence-corrected chi connectivity index (χ2v) is 8.36. The van der Waals surface area contributed by atoms with Crippen molar-refractivity contribution in [3.8, 4) is 17.0 Å². The first-order valence-corrected chi connectivity index (χ1v) is 11.3. The van der Waals surface area contributed by atoms with Crippen LogP contribution < -0.4 is 15.0 Å². The minimum absolute atomic E-state index is 0.126. The number of rotatable bonds is 6. The van der Waals surface area contributed by atoms with Gasteiger partial charge < -0.3 is 15.0 Å². The highest BCUT2D eigenvalue weighted by molar-refractivity contribution is 5.96. The first kappa shape index (κ1) is 20.6. The number of carbonyl (C=O) groups excluding carboxylic acids is 1. The number of nitrogens with zero attached hydrogens (tertiary/aromatic N) is 4. The van der Waals surface area contributed by atoms with E-state index < -0.39 is 0 Å². The van der Waals surface area contributed by atoms with Crippen LogP contribution in [0.1, 0.15) is 22.5 Å². The van der Waals surface area contributed by atoms with Gasteiger partial charge in [-0.3, -0.25) is 14.4 Å². The van der Waals surface area contributed by atoms with Crippen LogP contribution in [0.2, 0.25) is 0 Å². The molecule has 0 bridgehead atoms. The molecule has 3 aromatic rings. The van der Waals surface area contributed by atoms with E-state index in [1.54, 1.807) is 4.68 Å². The maximum absolute atomic E-state index is 12.8. The zero-order valence-electron chi connectivity index (χ0n) is 18.5. The van der Waals surface area contributed by atoms with Gasteiger partial charge in [0.1, 0.15) is 12.4 Å². The van der Waals surface area contributed by atoms with Gasteiger partial charge in [-0.15, -0.1) is 0 Å². The smallest absolute Gasteiger partial charge is 0.272 e. The van der Waals surface area contributed by atoms with E-state index >= 15 is 0 Å². The molecular formula is C25H29N5O2. The van der Waals surface area contributed by atoms with Crippen LogP contribution in [0, 0.1) is 0 Å². The number of carbonyl (C=O) groups is 1. The molecule has 2 aliphatic heterocycles. The summed E-state index contributed by atoms with van der Waals surface area (Å²) in [5.41, 5.74) is 4.57. The fourth-order valence-electron chi connectivity index (χ4n) is 4.62. The molecule has 1 fully saturated rings. The number of hydrogen-bond acceptors (Lipinski definition) is 5. The van der Waals surface area contributed by atoms with Crippen molar-refractivity contribution in [1.82, 2.24) is 20.0 Å². The van der Waals surface area contributed by atoms with Crippen LogP contribution in [-0.2, 0) is 13.7 Å². The van der Waals surface area contributed by atoms with Gasteiger partial charge >= 0.3 is 0 Å². The van der Waals surface area contributed by atoms with E-state index in [9.17, 15) is 4.79 Å². The second-order valence-electron chi connectivity index (χ2n) is 8.36. The Morgan fingerprint density at radius 1 is 1.03 bits per heavy atom. The largest absolute Gasteiger partial charge is 0.488 e. The van der Waals surface area contributed by atoms with Crippen molar-refractivity contribution in [3.05, 3.63) is 65.9 Å². The number of nitrogens with one attached hydrogen (secondary N) is 1. The molecule has 166 valence electrons. The number of fused-ring (bicyclic) bond motifs is 3. The summed E-state index contributed by atoms with van der Waals surface area (Å²) in [4.78, 5) is 17.7. The molecule has 0 saturated carbocycles. The molecule has 1 aromatic heterocycles. The molecule has 3 heterocycles. The average molecular weight is 432 g/mol. The van der Waals surface area contributed by atoms with Crippen LogP contribution in [0.4, 0.5) is 5.69 Å². The van der Waals surface area contributed by atoms with E-state index in [4.69, 9.17) is 4.74 Å². The van der Waals surface area contributed by atoms with Gasteiger partial charge in [-0.1, -0.05) is 30.3 Å². The summed E-state index contributed by atoms with van der Waals surface area (Å²) in [5.74, 6) is 0.709. The Bertz CT molecular complexity index is 1090. The lowest BCUT2D eigenvalue weighted by Gasteiger charge is -2.36. The summed E-state index contributed by atoms with van der Waals surface area (Å²) in [5, 5.41) is 7.56. The Labute approximate surface area is 188 Å². The highest BCUT2D eigenvalue weighted by Gasteiger charge is 2.28. The number of benzene rings is 2. The Balaban J connectivity index is 1.12. The summed E-state index contributed by atoms with van der Waals surface area (Å²) in [6, 6.07) is 18.5. The van der Waals surface area contributed by atoms with Gasteiger partial charge in [0.05, 0.1) is 5.69 Å². The predicted octanol–water partition coefficient (Wildman–Crippen LogP) is 2.92. The van der Waals surface area contributed by atoms with Gasteiger partial charge in [-0.2, -0.15) is 5.10 Å². The van der Waals surface area contributed by atoms with Crippen molar-refractivity contribution in [2.45, 2.75) is 13.0 Å². The molecular weight excluding hydrogens is 402 g/mol. The van der Waals surface area contributed by atoms with E-state index in [0.717, 1.165) is 61.7 Å². The molecule has 7 nitrogen and oxygen atoms in total. The number of aryl methyl sites for hydroxylation is 1. The summed E-state index contributed by atoms with van der Waals surface area (Å²) in [6.07, 6.45) is 0.922. The molecule has 1 N–H and O–H groups in total. The number of piperazine rings is 1. The lowest BCUT2D eigenvalue weighted by molar-refractivity contribution is 0.0943. The standard InChI is InChI=1S/C25H29N5O2/c1-28-24-20-10-5-6-11-22(20)32-18-21(24)23(27-28)25(31)26-12-7-13-29-14-16-30(17-15-29)19-8-3-2-4-9-19/h2-6,8-11H,7,12-18H2,1H3,(H,26,31). The monoisotopic (exact) mass is 431 g/mol. The molecule has 1 saturated heterocycles. The van der Waals surface area contributed by atoms with E-state index in [1.165, 1.54) is 5.69 Å². The average Bonchev–Trinajstić information content (AvgIpc) is 3.19. The van der Waals surface area contributed by atoms with Gasteiger partial charge in [0.2, 0.25) is 0 Å². The van der Waals surface area contributed by atoms with Crippen molar-refractivity contribution in [1.29, 1.82) is 0 Å². The minimum atomic E-state index is -0.126. The van der Waals surface area contributed by atoms with Gasteiger partial charge in [-0.05, 0) is 37.2 Å². The quantitative estimate of drug-likeness (QED) is 0.608. The molecule has 2 aromatic carbocycles. The summed E-state index contributed by atoms with van der Waals surface area (Å²) in [7, 11) is 1.88. The summed E-state index contributed by atoms with van der Waals surface area (Å²) in [6.45, 7) is 6.17. The van der Waals surface area contributed by atoms with E-state index in [2.05, 4.69) is 50.5 Å². The Hall–Kier alpha value is -3.32. The summed E-state index contributed by atoms with van der Waals surface area (Å²) >= 11 is 0. The number of para-hydroxylation sites is 2. The molecule has 0 radical (unpaired) electrons. The van der Waals surface area contributed by atoms with Crippen LogP contribution in [0.25, 0.3) is 11.3 Å². The van der Waals surface area contributed by atoms with Crippen molar-refractivity contribution >= 4 is 11.6 Å². The van der Waals surface area contributed by atoms with Crippen LogP contribution in [-0.4, -0.2) is 59.9 Å². The topological polar surface area (TPSA) is 62.6 Å². The first-order valence-electron chi connectivity index (χ1n) is 11.3. The number of ether oxygens (including phenoxy) is 1. The fraction of sp³-hybridized carbons (Fsp3) is 0.360. The Kier molecular flexibility index (Phi) is 5.81. The van der Waals surface area contributed by atoms with Crippen molar-refractivity contribution in [2.75, 3.05) is 44.2 Å². The van der Waals surface area contributed by atoms with Crippen molar-refractivity contribution in [2.24, 2.45) is 7.05 Å². The van der Waals surface area contributed by atoms with Gasteiger partial charge in [0.25, 0.3) is 5.91 Å². The first-order chi connectivity index (χ1) is 15.7. The second kappa shape index (κ2) is 9.04. The van der Waals surface area contributed by atoms with Crippen molar-refractivity contribution < 1.29 is 9.53 Å². The third-order valence-electron chi connectivity index (χ3n) is 6.30. The molecule has 7 heteroatoms. The molecule has 32 heavy (non-hydrogen) atoms. The summed E-state index contributed by atoms with van der Waals surface area (Å²) < 4.78 is 7.65. The molecule has 0 aliphatic carbocycles. The SMILES string of the molecule is Cn1nc(C(=O)NCCCN2CCN(c3ccccc3)CC2)c2c1-c1ccccc1OC2. The van der Waals surface area contributed by atoms with Crippen LogP contribution in [0.5, 0.6) is 5.75 Å². The Morgan fingerprint density at radius 3 is 2.59 bits per heavy atom. The Morgan fingerprint density at radius 2 is 1.78 bits per heavy atom. The zero-order valence-corrected chi connectivity index (χ0v) is 18.5. The third-order valence-corrected chi connectivity index (χ3v) is 6.30. The third kappa shape index (κ3) is 4.08. The van der Waals surface area contributed by atoms with Crippen molar-refractivity contribution in [3.63, 3.8) is 0 Å². The zero-order chi connectivity index (χ0) is 21.9. The maximum Gasteiger partial charge on any atom is 0.272 e. The lowest BCUT2D eigenvalue weighted by Crippen LogP contribution is -2.47.